The Morgan fingerprint density at radius 2 is 1.26 bits per heavy atom. The molecule has 1 aromatic carbocycles. The number of rotatable bonds is 15. The Labute approximate surface area is 173 Å². The van der Waals surface area contributed by atoms with E-state index in [1.54, 1.807) is 0 Å². The van der Waals surface area contributed by atoms with Crippen LogP contribution >= 0.6 is 11.6 Å². The molecule has 3 nitrogen and oxygen atoms in total. The van der Waals surface area contributed by atoms with Gasteiger partial charge in [-0.05, 0) is 37.3 Å². The fourth-order valence-electron chi connectivity index (χ4n) is 2.86. The molecule has 0 fully saturated rings. The molecular weight excluding hydrogens is 376 g/mol. The van der Waals surface area contributed by atoms with Gasteiger partial charge in [0.05, 0.1) is 10.9 Å². The number of hydrogen-bond acceptors (Lipinski definition) is 3. The Bertz CT molecular complexity index is 484. The van der Waals surface area contributed by atoms with Crippen molar-refractivity contribution in [3.05, 3.63) is 35.4 Å². The third kappa shape index (κ3) is 8.24. The third-order valence-electron chi connectivity index (χ3n) is 4.80. The second kappa shape index (κ2) is 13.7. The van der Waals surface area contributed by atoms with E-state index in [0.29, 0.717) is 19.8 Å². The Morgan fingerprint density at radius 3 is 1.67 bits per heavy atom. The minimum Gasteiger partial charge on any atom is -0.373 e. The number of hydrogen-bond donors (Lipinski definition) is 0. The topological polar surface area (TPSA) is 27.7 Å². The second-order valence-electron chi connectivity index (χ2n) is 7.22. The maximum absolute atomic E-state index is 6.44. The average molecular weight is 415 g/mol. The van der Waals surface area contributed by atoms with Crippen LogP contribution in [0, 0.1) is 0 Å². The molecule has 0 N–H and O–H groups in total. The van der Waals surface area contributed by atoms with Gasteiger partial charge in [0.2, 0.25) is 0 Å². The Hall–Kier alpha value is -0.393. The Morgan fingerprint density at radius 1 is 0.815 bits per heavy atom. The van der Waals surface area contributed by atoms with Crippen LogP contribution in [0.4, 0.5) is 0 Å². The zero-order valence-corrected chi connectivity index (χ0v) is 19.7. The van der Waals surface area contributed by atoms with Gasteiger partial charge in [0.25, 0.3) is 0 Å². The SMILES string of the molecule is CCCCO[Si](OCCCC)(OCCCC)C(C)c1cccc(C(C)Cl)c1. The van der Waals surface area contributed by atoms with E-state index in [4.69, 9.17) is 24.9 Å². The summed E-state index contributed by atoms with van der Waals surface area (Å²) in [4.78, 5) is 0. The van der Waals surface area contributed by atoms with Crippen LogP contribution in [-0.4, -0.2) is 28.6 Å². The minimum absolute atomic E-state index is 0.0174. The first kappa shape index (κ1) is 24.6. The van der Waals surface area contributed by atoms with Crippen LogP contribution in [0.1, 0.15) is 95.2 Å². The zero-order chi connectivity index (χ0) is 20.1. The number of unbranched alkanes of at least 4 members (excludes halogenated alkanes) is 3. The molecule has 0 radical (unpaired) electrons. The number of benzene rings is 1. The van der Waals surface area contributed by atoms with E-state index < -0.39 is 8.80 Å². The fraction of sp³-hybridized carbons (Fsp3) is 0.727. The van der Waals surface area contributed by atoms with Crippen LogP contribution in [0.2, 0.25) is 0 Å². The molecule has 1 aromatic rings. The van der Waals surface area contributed by atoms with Crippen molar-refractivity contribution in [2.75, 3.05) is 19.8 Å². The van der Waals surface area contributed by atoms with Crippen molar-refractivity contribution in [2.45, 2.75) is 84.1 Å². The molecular formula is C22H39ClO3Si. The highest BCUT2D eigenvalue weighted by Crippen LogP contribution is 2.33. The lowest BCUT2D eigenvalue weighted by atomic mass is 10.1. The highest BCUT2D eigenvalue weighted by molar-refractivity contribution is 6.62. The second-order valence-corrected chi connectivity index (χ2v) is 10.8. The molecule has 0 aliphatic rings. The zero-order valence-electron chi connectivity index (χ0n) is 17.9. The summed E-state index contributed by atoms with van der Waals surface area (Å²) in [5.41, 5.74) is 2.40. The monoisotopic (exact) mass is 414 g/mol. The summed E-state index contributed by atoms with van der Waals surface area (Å²) in [6.07, 6.45) is 6.36. The quantitative estimate of drug-likeness (QED) is 0.175. The highest BCUT2D eigenvalue weighted by Gasteiger charge is 2.48. The number of halogens is 1. The summed E-state index contributed by atoms with van der Waals surface area (Å²) < 4.78 is 19.3. The molecule has 0 saturated carbocycles. The molecule has 0 aromatic heterocycles. The van der Waals surface area contributed by atoms with Crippen LogP contribution < -0.4 is 0 Å². The molecule has 0 saturated heterocycles. The van der Waals surface area contributed by atoms with Gasteiger partial charge in [0.15, 0.2) is 0 Å². The average Bonchev–Trinajstić information content (AvgIpc) is 2.67. The summed E-state index contributed by atoms with van der Waals surface area (Å²) in [7, 11) is -2.85. The molecule has 0 heterocycles. The normalized spacial score (nSPS) is 14.3. The molecule has 0 aliphatic heterocycles. The molecule has 0 bridgehead atoms. The van der Waals surface area contributed by atoms with E-state index >= 15 is 0 Å². The van der Waals surface area contributed by atoms with Crippen molar-refractivity contribution >= 4 is 20.4 Å². The summed E-state index contributed by atoms with van der Waals surface area (Å²) >= 11 is 6.32. The summed E-state index contributed by atoms with van der Waals surface area (Å²) in [6, 6.07) is 8.47. The lowest BCUT2D eigenvalue weighted by Crippen LogP contribution is -2.51. The summed E-state index contributed by atoms with van der Waals surface area (Å²) in [6.45, 7) is 12.8. The smallest absolute Gasteiger partial charge is 0.373 e. The van der Waals surface area contributed by atoms with Crippen molar-refractivity contribution in [3.8, 4) is 0 Å². The number of alkyl halides is 1. The first-order chi connectivity index (χ1) is 13.0. The predicted octanol–water partition coefficient (Wildman–Crippen LogP) is 7.02. The van der Waals surface area contributed by atoms with Crippen molar-refractivity contribution in [3.63, 3.8) is 0 Å². The van der Waals surface area contributed by atoms with Crippen LogP contribution in [0.25, 0.3) is 0 Å². The first-order valence-electron chi connectivity index (χ1n) is 10.7. The molecule has 2 atom stereocenters. The standard InChI is InChI=1S/C22H39ClO3Si/c1-6-9-15-24-27(25-16-10-7-2,26-17-11-8-3)20(5)22-14-12-13-21(18-22)19(4)23/h12-14,18-20H,6-11,15-17H2,1-5H3. The van der Waals surface area contributed by atoms with E-state index in [-0.39, 0.29) is 10.9 Å². The van der Waals surface area contributed by atoms with E-state index in [9.17, 15) is 0 Å². The Balaban J connectivity index is 3.13. The van der Waals surface area contributed by atoms with Crippen molar-refractivity contribution in [1.29, 1.82) is 0 Å². The maximum Gasteiger partial charge on any atom is 0.508 e. The fourth-order valence-corrected chi connectivity index (χ4v) is 5.87. The highest BCUT2D eigenvalue weighted by atomic mass is 35.5. The van der Waals surface area contributed by atoms with Crippen LogP contribution in [0.15, 0.2) is 24.3 Å². The summed E-state index contributed by atoms with van der Waals surface area (Å²) in [5, 5.41) is -0.0174. The molecule has 5 heteroatoms. The van der Waals surface area contributed by atoms with Gasteiger partial charge in [-0.3, -0.25) is 0 Å². The molecule has 0 spiro atoms. The van der Waals surface area contributed by atoms with E-state index in [2.05, 4.69) is 52.0 Å². The van der Waals surface area contributed by atoms with Gasteiger partial charge >= 0.3 is 8.80 Å². The van der Waals surface area contributed by atoms with Crippen LogP contribution in [0.5, 0.6) is 0 Å². The minimum atomic E-state index is -2.85. The van der Waals surface area contributed by atoms with Gasteiger partial charge in [-0.15, -0.1) is 11.6 Å². The lowest BCUT2D eigenvalue weighted by Gasteiger charge is -2.35. The van der Waals surface area contributed by atoms with Gasteiger partial charge < -0.3 is 13.3 Å². The van der Waals surface area contributed by atoms with Gasteiger partial charge in [0.1, 0.15) is 0 Å². The molecule has 27 heavy (non-hydrogen) atoms. The molecule has 0 aliphatic carbocycles. The summed E-state index contributed by atoms with van der Waals surface area (Å²) in [5.74, 6) is 0. The largest absolute Gasteiger partial charge is 0.508 e. The van der Waals surface area contributed by atoms with Crippen molar-refractivity contribution in [2.24, 2.45) is 0 Å². The van der Waals surface area contributed by atoms with Crippen LogP contribution in [-0.2, 0) is 13.3 Å². The van der Waals surface area contributed by atoms with Gasteiger partial charge in [-0.2, -0.15) is 0 Å². The van der Waals surface area contributed by atoms with Crippen molar-refractivity contribution < 1.29 is 13.3 Å². The molecule has 156 valence electrons. The maximum atomic E-state index is 6.44. The van der Waals surface area contributed by atoms with E-state index in [1.807, 2.05) is 6.92 Å². The Kier molecular flexibility index (Phi) is 12.5. The van der Waals surface area contributed by atoms with Gasteiger partial charge in [-0.1, -0.05) is 71.2 Å². The molecule has 1 rings (SSSR count). The lowest BCUT2D eigenvalue weighted by molar-refractivity contribution is 0.0488. The van der Waals surface area contributed by atoms with E-state index in [1.165, 1.54) is 5.56 Å². The van der Waals surface area contributed by atoms with Gasteiger partial charge in [0, 0.05) is 19.8 Å². The molecule has 2 unspecified atom stereocenters. The third-order valence-corrected chi connectivity index (χ3v) is 8.27. The van der Waals surface area contributed by atoms with Crippen molar-refractivity contribution in [1.82, 2.24) is 0 Å². The molecule has 0 amide bonds. The predicted molar refractivity (Wildman–Crippen MR) is 117 cm³/mol. The van der Waals surface area contributed by atoms with Gasteiger partial charge in [-0.25, -0.2) is 0 Å². The van der Waals surface area contributed by atoms with Crippen LogP contribution in [0.3, 0.4) is 0 Å². The van der Waals surface area contributed by atoms with E-state index in [0.717, 1.165) is 44.1 Å². The first-order valence-corrected chi connectivity index (χ1v) is 12.9.